The zero-order valence-electron chi connectivity index (χ0n) is 9.65. The van der Waals surface area contributed by atoms with E-state index in [9.17, 15) is 5.11 Å². The van der Waals surface area contributed by atoms with Crippen molar-refractivity contribution in [1.82, 2.24) is 9.78 Å². The molecule has 80 valence electrons. The highest BCUT2D eigenvalue weighted by atomic mass is 16.3. The SMILES string of the molecule is CC(C(O)c1ccn(C)n1)C(C)(C)C. The van der Waals surface area contributed by atoms with Gasteiger partial charge < -0.3 is 5.11 Å². The second kappa shape index (κ2) is 3.73. The van der Waals surface area contributed by atoms with Gasteiger partial charge in [0.25, 0.3) is 0 Å². The van der Waals surface area contributed by atoms with Gasteiger partial charge in [0.05, 0.1) is 5.69 Å². The topological polar surface area (TPSA) is 38.0 Å². The minimum Gasteiger partial charge on any atom is -0.386 e. The number of aryl methyl sites for hydroxylation is 1. The lowest BCUT2D eigenvalue weighted by Crippen LogP contribution is -2.24. The first-order valence-electron chi connectivity index (χ1n) is 5.00. The molecule has 1 aromatic heterocycles. The van der Waals surface area contributed by atoms with Crippen molar-refractivity contribution < 1.29 is 5.11 Å². The van der Waals surface area contributed by atoms with Gasteiger partial charge in [-0.25, -0.2) is 0 Å². The summed E-state index contributed by atoms with van der Waals surface area (Å²) in [7, 11) is 1.86. The van der Waals surface area contributed by atoms with Gasteiger partial charge in [0.2, 0.25) is 0 Å². The van der Waals surface area contributed by atoms with Crippen molar-refractivity contribution in [3.8, 4) is 0 Å². The third kappa shape index (κ3) is 2.35. The van der Waals surface area contributed by atoms with Crippen LogP contribution in [-0.4, -0.2) is 14.9 Å². The molecular formula is C11H20N2O. The van der Waals surface area contributed by atoms with Crippen LogP contribution in [0.15, 0.2) is 12.3 Å². The molecule has 1 aromatic rings. The quantitative estimate of drug-likeness (QED) is 0.787. The van der Waals surface area contributed by atoms with E-state index in [0.717, 1.165) is 5.69 Å². The lowest BCUT2D eigenvalue weighted by molar-refractivity contribution is 0.0499. The van der Waals surface area contributed by atoms with Crippen LogP contribution in [0.2, 0.25) is 0 Å². The Labute approximate surface area is 85.8 Å². The number of nitrogens with zero attached hydrogens (tertiary/aromatic N) is 2. The van der Waals surface area contributed by atoms with E-state index in [-0.39, 0.29) is 11.3 Å². The molecule has 0 bridgehead atoms. The van der Waals surface area contributed by atoms with Gasteiger partial charge in [0.15, 0.2) is 0 Å². The van der Waals surface area contributed by atoms with Crippen molar-refractivity contribution >= 4 is 0 Å². The molecule has 0 amide bonds. The van der Waals surface area contributed by atoms with Crippen molar-refractivity contribution in [2.75, 3.05) is 0 Å². The molecule has 3 nitrogen and oxygen atoms in total. The first-order chi connectivity index (χ1) is 6.32. The van der Waals surface area contributed by atoms with Gasteiger partial charge in [-0.1, -0.05) is 27.7 Å². The fourth-order valence-electron chi connectivity index (χ4n) is 1.32. The molecule has 0 aliphatic rings. The van der Waals surface area contributed by atoms with Gasteiger partial charge >= 0.3 is 0 Å². The Morgan fingerprint density at radius 2 is 2.00 bits per heavy atom. The average Bonchev–Trinajstić information content (AvgIpc) is 2.47. The Hall–Kier alpha value is -0.830. The normalized spacial score (nSPS) is 16.7. The van der Waals surface area contributed by atoms with Crippen molar-refractivity contribution in [3.63, 3.8) is 0 Å². The largest absolute Gasteiger partial charge is 0.386 e. The van der Waals surface area contributed by atoms with E-state index in [1.165, 1.54) is 0 Å². The lowest BCUT2D eigenvalue weighted by atomic mass is 9.78. The van der Waals surface area contributed by atoms with Crippen LogP contribution < -0.4 is 0 Å². The van der Waals surface area contributed by atoms with Crippen molar-refractivity contribution in [3.05, 3.63) is 18.0 Å². The van der Waals surface area contributed by atoms with E-state index in [4.69, 9.17) is 0 Å². The zero-order chi connectivity index (χ0) is 10.9. The van der Waals surface area contributed by atoms with Crippen LogP contribution in [-0.2, 0) is 7.05 Å². The molecule has 0 aromatic carbocycles. The van der Waals surface area contributed by atoms with E-state index >= 15 is 0 Å². The van der Waals surface area contributed by atoms with E-state index in [2.05, 4.69) is 32.8 Å². The van der Waals surface area contributed by atoms with E-state index in [0.29, 0.717) is 0 Å². The summed E-state index contributed by atoms with van der Waals surface area (Å²) in [6, 6.07) is 1.87. The summed E-state index contributed by atoms with van der Waals surface area (Å²) in [5, 5.41) is 14.3. The highest BCUT2D eigenvalue weighted by Crippen LogP contribution is 2.34. The summed E-state index contributed by atoms with van der Waals surface area (Å²) < 4.78 is 1.72. The molecule has 2 atom stereocenters. The molecule has 0 fully saturated rings. The molecule has 0 saturated carbocycles. The van der Waals surface area contributed by atoms with Gasteiger partial charge in [-0.2, -0.15) is 5.10 Å². The van der Waals surface area contributed by atoms with E-state index < -0.39 is 6.10 Å². The molecule has 0 spiro atoms. The molecule has 0 aliphatic heterocycles. The highest BCUT2D eigenvalue weighted by Gasteiger charge is 2.29. The van der Waals surface area contributed by atoms with Crippen LogP contribution >= 0.6 is 0 Å². The van der Waals surface area contributed by atoms with Gasteiger partial charge in [-0.05, 0) is 17.4 Å². The Bertz CT molecular complexity index is 298. The smallest absolute Gasteiger partial charge is 0.101 e. The second-order valence-electron chi connectivity index (χ2n) is 5.01. The molecule has 0 aliphatic carbocycles. The molecule has 1 heterocycles. The van der Waals surface area contributed by atoms with Crippen LogP contribution in [0.4, 0.5) is 0 Å². The Morgan fingerprint density at radius 1 is 1.43 bits per heavy atom. The van der Waals surface area contributed by atoms with Gasteiger partial charge in [0, 0.05) is 13.2 Å². The molecule has 1 rings (SSSR count). The predicted octanol–water partition coefficient (Wildman–Crippen LogP) is 2.14. The number of hydrogen-bond acceptors (Lipinski definition) is 2. The van der Waals surface area contributed by atoms with Gasteiger partial charge in [0.1, 0.15) is 6.10 Å². The fourth-order valence-corrected chi connectivity index (χ4v) is 1.32. The molecular weight excluding hydrogens is 176 g/mol. The minimum atomic E-state index is -0.476. The molecule has 0 saturated heterocycles. The van der Waals surface area contributed by atoms with Crippen molar-refractivity contribution in [2.45, 2.75) is 33.8 Å². The van der Waals surface area contributed by atoms with Crippen molar-refractivity contribution in [2.24, 2.45) is 18.4 Å². The molecule has 0 radical (unpaired) electrons. The number of hydrogen-bond donors (Lipinski definition) is 1. The maximum Gasteiger partial charge on any atom is 0.101 e. The minimum absolute atomic E-state index is 0.0942. The predicted molar refractivity (Wildman–Crippen MR) is 56.8 cm³/mol. The third-order valence-corrected chi connectivity index (χ3v) is 2.88. The van der Waals surface area contributed by atoms with Crippen LogP contribution in [0, 0.1) is 11.3 Å². The van der Waals surface area contributed by atoms with Gasteiger partial charge in [-0.3, -0.25) is 4.68 Å². The molecule has 1 N–H and O–H groups in total. The van der Waals surface area contributed by atoms with Crippen LogP contribution in [0.1, 0.15) is 39.5 Å². The average molecular weight is 196 g/mol. The second-order valence-corrected chi connectivity index (χ2v) is 5.01. The molecule has 2 unspecified atom stereocenters. The lowest BCUT2D eigenvalue weighted by Gasteiger charge is -2.30. The van der Waals surface area contributed by atoms with E-state index in [1.54, 1.807) is 4.68 Å². The molecule has 14 heavy (non-hydrogen) atoms. The third-order valence-electron chi connectivity index (χ3n) is 2.88. The summed E-state index contributed by atoms with van der Waals surface area (Å²) in [5.74, 6) is 0.192. The fraction of sp³-hybridized carbons (Fsp3) is 0.727. The summed E-state index contributed by atoms with van der Waals surface area (Å²) in [4.78, 5) is 0. The zero-order valence-corrected chi connectivity index (χ0v) is 9.65. The number of aromatic nitrogens is 2. The monoisotopic (exact) mass is 196 g/mol. The maximum atomic E-state index is 10.1. The van der Waals surface area contributed by atoms with Gasteiger partial charge in [-0.15, -0.1) is 0 Å². The number of rotatable bonds is 2. The Morgan fingerprint density at radius 3 is 2.36 bits per heavy atom. The van der Waals surface area contributed by atoms with E-state index in [1.807, 2.05) is 19.3 Å². The van der Waals surface area contributed by atoms with Crippen LogP contribution in [0.25, 0.3) is 0 Å². The Kier molecular flexibility index (Phi) is 3.00. The van der Waals surface area contributed by atoms with Crippen LogP contribution in [0.3, 0.4) is 0 Å². The first kappa shape index (κ1) is 11.2. The summed E-state index contributed by atoms with van der Waals surface area (Å²) >= 11 is 0. The number of aliphatic hydroxyl groups excluding tert-OH is 1. The standard InChI is InChI=1S/C11H20N2O/c1-8(11(2,3)4)10(14)9-6-7-13(5)12-9/h6-8,10,14H,1-5H3. The molecule has 3 heteroatoms. The Balaban J connectivity index is 2.80. The van der Waals surface area contributed by atoms with Crippen LogP contribution in [0.5, 0.6) is 0 Å². The first-order valence-corrected chi connectivity index (χ1v) is 5.00. The van der Waals surface area contributed by atoms with Crippen molar-refractivity contribution in [1.29, 1.82) is 0 Å². The summed E-state index contributed by atoms with van der Waals surface area (Å²) in [5.41, 5.74) is 0.853. The maximum absolute atomic E-state index is 10.1. The summed E-state index contributed by atoms with van der Waals surface area (Å²) in [6.07, 6.45) is 1.38. The summed E-state index contributed by atoms with van der Waals surface area (Å²) in [6.45, 7) is 8.44. The number of aliphatic hydroxyl groups is 1. The highest BCUT2D eigenvalue weighted by molar-refractivity contribution is 5.04.